The number of rotatable bonds is 10. The maximum absolute atomic E-state index is 4.90. The van der Waals surface area contributed by atoms with Gasteiger partial charge in [-0.1, -0.05) is 46.0 Å². The Bertz CT molecular complexity index is 829. The van der Waals surface area contributed by atoms with Gasteiger partial charge in [-0.25, -0.2) is 4.99 Å². The highest BCUT2D eigenvalue weighted by atomic mass is 14.8. The van der Waals surface area contributed by atoms with Crippen molar-refractivity contribution >= 4 is 11.8 Å². The average molecular weight is 364 g/mol. The molecule has 144 valence electrons. The third-order valence-electron chi connectivity index (χ3n) is 5.29. The molecule has 3 nitrogen and oxygen atoms in total. The van der Waals surface area contributed by atoms with E-state index in [1.54, 1.807) is 0 Å². The molecule has 27 heavy (non-hydrogen) atoms. The topological polar surface area (TPSA) is 43.9 Å². The molecule has 0 saturated heterocycles. The first-order valence-electron chi connectivity index (χ1n) is 10.5. The van der Waals surface area contributed by atoms with Crippen molar-refractivity contribution < 1.29 is 0 Å². The average Bonchev–Trinajstić information content (AvgIpc) is 3.38. The first-order chi connectivity index (χ1) is 13.2. The van der Waals surface area contributed by atoms with E-state index in [4.69, 9.17) is 4.99 Å². The van der Waals surface area contributed by atoms with E-state index in [1.807, 2.05) is 6.20 Å². The van der Waals surface area contributed by atoms with Gasteiger partial charge in [0.05, 0.1) is 17.1 Å². The molecule has 3 heterocycles. The Morgan fingerprint density at radius 2 is 1.85 bits per heavy atom. The summed E-state index contributed by atoms with van der Waals surface area (Å²) >= 11 is 0. The Balaban J connectivity index is 1.67. The van der Waals surface area contributed by atoms with Crippen molar-refractivity contribution in [1.82, 2.24) is 9.97 Å². The van der Waals surface area contributed by atoms with Crippen LogP contribution in [0.3, 0.4) is 0 Å². The van der Waals surface area contributed by atoms with Gasteiger partial charge >= 0.3 is 0 Å². The van der Waals surface area contributed by atoms with E-state index in [0.29, 0.717) is 0 Å². The molecule has 3 rings (SSSR count). The van der Waals surface area contributed by atoms with Gasteiger partial charge in [0, 0.05) is 18.1 Å². The minimum absolute atomic E-state index is 0.990. The standard InChI is InChI=1S/C24H33N3/c1-4-6-7-8-9-10-11-20-12-13-25-22(20)16-21-15-19(5-2)24(27-21)23-14-18(3)17-26-23/h12-17,25-26H,4-11H2,1-3H3. The van der Waals surface area contributed by atoms with E-state index in [0.717, 1.165) is 29.9 Å². The second-order valence-electron chi connectivity index (χ2n) is 7.58. The van der Waals surface area contributed by atoms with Crippen molar-refractivity contribution in [2.75, 3.05) is 0 Å². The summed E-state index contributed by atoms with van der Waals surface area (Å²) in [5.74, 6) is 0. The summed E-state index contributed by atoms with van der Waals surface area (Å²) in [6.07, 6.45) is 18.7. The van der Waals surface area contributed by atoms with Crippen LogP contribution in [0, 0.1) is 6.92 Å². The second kappa shape index (κ2) is 9.59. The molecule has 1 aliphatic rings. The van der Waals surface area contributed by atoms with Crippen LogP contribution in [0.5, 0.6) is 0 Å². The Hall–Kier alpha value is -2.29. The lowest BCUT2D eigenvalue weighted by atomic mass is 10.0. The molecular formula is C24H33N3. The van der Waals surface area contributed by atoms with Gasteiger partial charge < -0.3 is 9.97 Å². The number of aryl methyl sites for hydroxylation is 2. The normalized spacial score (nSPS) is 15.4. The maximum atomic E-state index is 4.90. The highest BCUT2D eigenvalue weighted by Gasteiger charge is 2.17. The zero-order chi connectivity index (χ0) is 19.1. The van der Waals surface area contributed by atoms with Crippen molar-refractivity contribution in [3.05, 3.63) is 64.4 Å². The van der Waals surface area contributed by atoms with Crippen LogP contribution in [0.4, 0.5) is 0 Å². The minimum atomic E-state index is 0.990. The fraction of sp³-hybridized carbons (Fsp3) is 0.458. The Kier molecular flexibility index (Phi) is 6.92. The molecule has 2 N–H and O–H groups in total. The fourth-order valence-electron chi connectivity index (χ4n) is 3.71. The van der Waals surface area contributed by atoms with Crippen molar-refractivity contribution in [3.63, 3.8) is 0 Å². The summed E-state index contributed by atoms with van der Waals surface area (Å²) in [6.45, 7) is 6.57. The van der Waals surface area contributed by atoms with Crippen molar-refractivity contribution in [2.24, 2.45) is 4.99 Å². The van der Waals surface area contributed by atoms with E-state index in [1.165, 1.54) is 60.9 Å². The molecule has 0 fully saturated rings. The fourth-order valence-corrected chi connectivity index (χ4v) is 3.71. The second-order valence-corrected chi connectivity index (χ2v) is 7.58. The first kappa shape index (κ1) is 19.5. The predicted molar refractivity (Wildman–Crippen MR) is 116 cm³/mol. The van der Waals surface area contributed by atoms with Gasteiger partial charge in [-0.15, -0.1) is 0 Å². The van der Waals surface area contributed by atoms with E-state index >= 15 is 0 Å². The van der Waals surface area contributed by atoms with Gasteiger partial charge in [0.25, 0.3) is 0 Å². The minimum Gasteiger partial charge on any atom is -0.361 e. The molecule has 0 amide bonds. The predicted octanol–water partition coefficient (Wildman–Crippen LogP) is 6.73. The molecule has 0 bridgehead atoms. The molecule has 0 spiro atoms. The third kappa shape index (κ3) is 5.12. The van der Waals surface area contributed by atoms with Gasteiger partial charge in [0.1, 0.15) is 0 Å². The van der Waals surface area contributed by atoms with Crippen LogP contribution >= 0.6 is 0 Å². The van der Waals surface area contributed by atoms with Crippen LogP contribution in [-0.4, -0.2) is 15.7 Å². The number of hydrogen-bond donors (Lipinski definition) is 2. The van der Waals surface area contributed by atoms with Crippen LogP contribution in [0.2, 0.25) is 0 Å². The maximum Gasteiger partial charge on any atom is 0.0904 e. The van der Waals surface area contributed by atoms with Crippen LogP contribution in [0.15, 0.2) is 46.9 Å². The van der Waals surface area contributed by atoms with Gasteiger partial charge in [-0.2, -0.15) is 0 Å². The third-order valence-corrected chi connectivity index (χ3v) is 5.29. The highest BCUT2D eigenvalue weighted by Crippen LogP contribution is 2.26. The summed E-state index contributed by atoms with van der Waals surface area (Å²) in [6, 6.07) is 4.39. The monoisotopic (exact) mass is 363 g/mol. The van der Waals surface area contributed by atoms with Gasteiger partial charge in [0.15, 0.2) is 0 Å². The van der Waals surface area contributed by atoms with Crippen LogP contribution in [0.25, 0.3) is 6.08 Å². The van der Waals surface area contributed by atoms with Crippen molar-refractivity contribution in [3.8, 4) is 0 Å². The zero-order valence-corrected chi connectivity index (χ0v) is 17.1. The van der Waals surface area contributed by atoms with Crippen LogP contribution in [-0.2, 0) is 6.42 Å². The summed E-state index contributed by atoms with van der Waals surface area (Å²) in [5, 5.41) is 0. The molecular weight excluding hydrogens is 330 g/mol. The molecule has 2 aromatic heterocycles. The van der Waals surface area contributed by atoms with Crippen LogP contribution < -0.4 is 0 Å². The van der Waals surface area contributed by atoms with Crippen molar-refractivity contribution in [2.45, 2.75) is 72.1 Å². The number of aromatic amines is 2. The van der Waals surface area contributed by atoms with Gasteiger partial charge in [-0.05, 0) is 67.2 Å². The number of allylic oxidation sites excluding steroid dienone is 2. The number of nitrogens with zero attached hydrogens (tertiary/aromatic N) is 1. The molecule has 2 aromatic rings. The number of H-pyrrole nitrogens is 2. The molecule has 0 saturated carbocycles. The molecule has 3 heteroatoms. The molecule has 0 atom stereocenters. The summed E-state index contributed by atoms with van der Waals surface area (Å²) in [4.78, 5) is 11.7. The zero-order valence-electron chi connectivity index (χ0n) is 17.1. The van der Waals surface area contributed by atoms with Gasteiger partial charge in [0.2, 0.25) is 0 Å². The van der Waals surface area contributed by atoms with E-state index in [9.17, 15) is 0 Å². The quantitative estimate of drug-likeness (QED) is 0.439. The lowest BCUT2D eigenvalue weighted by molar-refractivity contribution is 0.607. The Labute approximate surface area is 163 Å². The summed E-state index contributed by atoms with van der Waals surface area (Å²) in [5.41, 5.74) is 8.39. The smallest absolute Gasteiger partial charge is 0.0904 e. The number of unbranched alkanes of at least 4 members (excludes halogenated alkanes) is 5. The molecule has 0 aliphatic carbocycles. The number of nitrogens with one attached hydrogen (secondary N) is 2. The SMILES string of the molecule is CCCCCCCCc1cc[nH]c1C=C1C=C(CC)C(c2cc(C)c[nH]2)=N1. The largest absolute Gasteiger partial charge is 0.361 e. The molecule has 0 radical (unpaired) electrons. The number of aromatic nitrogens is 2. The Morgan fingerprint density at radius 3 is 2.59 bits per heavy atom. The lowest BCUT2D eigenvalue weighted by Crippen LogP contribution is -2.01. The highest BCUT2D eigenvalue weighted by molar-refractivity contribution is 6.14. The van der Waals surface area contributed by atoms with Crippen molar-refractivity contribution in [1.29, 1.82) is 0 Å². The first-order valence-corrected chi connectivity index (χ1v) is 10.5. The number of hydrogen-bond acceptors (Lipinski definition) is 1. The number of aliphatic imine (C=N–C) groups is 1. The Morgan fingerprint density at radius 1 is 1.04 bits per heavy atom. The lowest BCUT2D eigenvalue weighted by Gasteiger charge is -2.02. The van der Waals surface area contributed by atoms with E-state index in [-0.39, 0.29) is 0 Å². The summed E-state index contributed by atoms with van der Waals surface area (Å²) in [7, 11) is 0. The molecule has 0 aromatic carbocycles. The van der Waals surface area contributed by atoms with E-state index < -0.39 is 0 Å². The molecule has 1 aliphatic heterocycles. The summed E-state index contributed by atoms with van der Waals surface area (Å²) < 4.78 is 0. The molecule has 0 unspecified atom stereocenters. The van der Waals surface area contributed by atoms with Gasteiger partial charge in [-0.3, -0.25) is 0 Å². The van der Waals surface area contributed by atoms with Crippen LogP contribution in [0.1, 0.15) is 81.3 Å². The van der Waals surface area contributed by atoms with E-state index in [2.05, 4.69) is 61.2 Å².